The van der Waals surface area contributed by atoms with Gasteiger partial charge < -0.3 is 4.74 Å². The molecule has 8 nitrogen and oxygen atoms in total. The number of nitrogens with zero attached hydrogens (tertiary/aromatic N) is 2. The van der Waals surface area contributed by atoms with Gasteiger partial charge in [-0.3, -0.25) is 20.2 Å². The second kappa shape index (κ2) is 9.38. The number of nitrogens with one attached hydrogen (secondary N) is 1. The van der Waals surface area contributed by atoms with Gasteiger partial charge in [0.2, 0.25) is 0 Å². The molecule has 3 rings (SSSR count). The van der Waals surface area contributed by atoms with Gasteiger partial charge in [-0.25, -0.2) is 9.78 Å². The van der Waals surface area contributed by atoms with Crippen LogP contribution in [0.15, 0.2) is 66.1 Å². The molecule has 9 heteroatoms. The van der Waals surface area contributed by atoms with E-state index in [-0.39, 0.29) is 5.69 Å². The number of thiazole rings is 1. The molecular formula is C20H15N3O5S. The van der Waals surface area contributed by atoms with Crippen molar-refractivity contribution in [1.29, 1.82) is 0 Å². The summed E-state index contributed by atoms with van der Waals surface area (Å²) in [7, 11) is 0. The molecule has 0 radical (unpaired) electrons. The standard InChI is InChI=1S/C20H15N3O5S/c24-18(22-20-21-17(13-29-20)15-4-2-1-3-5-15)12-28-19(25)11-8-14-6-9-16(10-7-14)23(26)27/h1-11,13H,12H2,(H,21,22,24)/b11-8-. The van der Waals surface area contributed by atoms with Crippen LogP contribution in [-0.2, 0) is 14.3 Å². The number of esters is 1. The van der Waals surface area contributed by atoms with E-state index < -0.39 is 23.4 Å². The minimum Gasteiger partial charge on any atom is -0.452 e. The quantitative estimate of drug-likeness (QED) is 0.274. The monoisotopic (exact) mass is 409 g/mol. The third kappa shape index (κ3) is 5.81. The Balaban J connectivity index is 1.47. The molecule has 0 bridgehead atoms. The lowest BCUT2D eigenvalue weighted by molar-refractivity contribution is -0.384. The molecule has 0 saturated carbocycles. The number of carbonyl (C=O) groups is 2. The molecular weight excluding hydrogens is 394 g/mol. The summed E-state index contributed by atoms with van der Waals surface area (Å²) >= 11 is 1.27. The Hall–Kier alpha value is -3.85. The van der Waals surface area contributed by atoms with Crippen molar-refractivity contribution in [3.63, 3.8) is 0 Å². The zero-order chi connectivity index (χ0) is 20.6. The number of anilines is 1. The molecule has 0 saturated heterocycles. The molecule has 146 valence electrons. The maximum Gasteiger partial charge on any atom is 0.331 e. The molecule has 0 aliphatic carbocycles. The maximum atomic E-state index is 11.9. The molecule has 1 N–H and O–H groups in total. The van der Waals surface area contributed by atoms with Crippen LogP contribution in [0.2, 0.25) is 0 Å². The number of aromatic nitrogens is 1. The zero-order valence-electron chi connectivity index (χ0n) is 15.0. The number of nitro benzene ring substituents is 1. The minimum atomic E-state index is -0.706. The van der Waals surface area contributed by atoms with Gasteiger partial charge in [0.05, 0.1) is 10.6 Å². The molecule has 0 spiro atoms. The van der Waals surface area contributed by atoms with E-state index >= 15 is 0 Å². The molecule has 0 unspecified atom stereocenters. The van der Waals surface area contributed by atoms with E-state index in [0.717, 1.165) is 17.3 Å². The average Bonchev–Trinajstić information content (AvgIpc) is 3.20. The van der Waals surface area contributed by atoms with Gasteiger partial charge in [0.15, 0.2) is 11.7 Å². The van der Waals surface area contributed by atoms with E-state index in [1.807, 2.05) is 35.7 Å². The minimum absolute atomic E-state index is 0.0426. The first-order valence-corrected chi connectivity index (χ1v) is 9.29. The molecule has 0 fully saturated rings. The van der Waals surface area contributed by atoms with Crippen LogP contribution in [0.5, 0.6) is 0 Å². The van der Waals surface area contributed by atoms with E-state index in [9.17, 15) is 19.7 Å². The van der Waals surface area contributed by atoms with Crippen LogP contribution in [-0.4, -0.2) is 28.4 Å². The van der Waals surface area contributed by atoms with Crippen molar-refractivity contribution < 1.29 is 19.2 Å². The summed E-state index contributed by atoms with van der Waals surface area (Å²) in [5, 5.41) is 15.4. The van der Waals surface area contributed by atoms with Crippen LogP contribution in [0.4, 0.5) is 10.8 Å². The second-order valence-electron chi connectivity index (χ2n) is 5.74. The molecule has 1 heterocycles. The van der Waals surface area contributed by atoms with Gasteiger partial charge in [-0.2, -0.15) is 0 Å². The largest absolute Gasteiger partial charge is 0.452 e. The Morgan fingerprint density at radius 1 is 1.14 bits per heavy atom. The highest BCUT2D eigenvalue weighted by atomic mass is 32.1. The lowest BCUT2D eigenvalue weighted by Crippen LogP contribution is -2.20. The van der Waals surface area contributed by atoms with Gasteiger partial charge in [-0.05, 0) is 23.8 Å². The molecule has 0 atom stereocenters. The number of hydrogen-bond donors (Lipinski definition) is 1. The first-order valence-electron chi connectivity index (χ1n) is 8.41. The first kappa shape index (κ1) is 19.9. The Bertz CT molecular complexity index is 1050. The van der Waals surface area contributed by atoms with Crippen LogP contribution >= 0.6 is 11.3 Å². The molecule has 2 aromatic carbocycles. The molecule has 0 aliphatic heterocycles. The predicted molar refractivity (Wildman–Crippen MR) is 109 cm³/mol. The van der Waals surface area contributed by atoms with Crippen molar-refractivity contribution >= 4 is 40.1 Å². The topological polar surface area (TPSA) is 111 Å². The van der Waals surface area contributed by atoms with Gasteiger partial charge in [0.1, 0.15) is 0 Å². The lowest BCUT2D eigenvalue weighted by Gasteiger charge is -2.02. The van der Waals surface area contributed by atoms with Crippen molar-refractivity contribution in [2.24, 2.45) is 0 Å². The first-order chi connectivity index (χ1) is 14.0. The number of nitro groups is 1. The fourth-order valence-corrected chi connectivity index (χ4v) is 3.02. The zero-order valence-corrected chi connectivity index (χ0v) is 15.8. The van der Waals surface area contributed by atoms with Gasteiger partial charge in [0, 0.05) is 29.2 Å². The number of benzene rings is 2. The highest BCUT2D eigenvalue weighted by Gasteiger charge is 2.10. The Morgan fingerprint density at radius 3 is 2.55 bits per heavy atom. The van der Waals surface area contributed by atoms with Crippen LogP contribution in [0, 0.1) is 10.1 Å². The number of ether oxygens (including phenoxy) is 1. The Kier molecular flexibility index (Phi) is 6.43. The normalized spacial score (nSPS) is 10.6. The number of amides is 1. The number of carbonyl (C=O) groups excluding carboxylic acids is 2. The average molecular weight is 409 g/mol. The van der Waals surface area contributed by atoms with Crippen molar-refractivity contribution in [3.8, 4) is 11.3 Å². The fourth-order valence-electron chi connectivity index (χ4n) is 2.28. The maximum absolute atomic E-state index is 11.9. The molecule has 1 aromatic heterocycles. The van der Waals surface area contributed by atoms with Crippen molar-refractivity contribution in [1.82, 2.24) is 4.98 Å². The summed E-state index contributed by atoms with van der Waals surface area (Å²) in [6.07, 6.45) is 2.59. The highest BCUT2D eigenvalue weighted by Crippen LogP contribution is 2.24. The van der Waals surface area contributed by atoms with E-state index in [1.165, 1.54) is 41.7 Å². The van der Waals surface area contributed by atoms with E-state index in [0.29, 0.717) is 10.7 Å². The van der Waals surface area contributed by atoms with Crippen LogP contribution in [0.3, 0.4) is 0 Å². The molecule has 3 aromatic rings. The van der Waals surface area contributed by atoms with E-state index in [1.54, 1.807) is 0 Å². The summed E-state index contributed by atoms with van der Waals surface area (Å²) in [5.41, 5.74) is 2.23. The predicted octanol–water partition coefficient (Wildman–Crippen LogP) is 3.91. The van der Waals surface area contributed by atoms with Gasteiger partial charge in [0.25, 0.3) is 11.6 Å². The second-order valence-corrected chi connectivity index (χ2v) is 6.60. The van der Waals surface area contributed by atoms with Crippen LogP contribution < -0.4 is 5.32 Å². The molecule has 1 amide bonds. The van der Waals surface area contributed by atoms with Crippen LogP contribution in [0.25, 0.3) is 17.3 Å². The smallest absolute Gasteiger partial charge is 0.331 e. The van der Waals surface area contributed by atoms with Crippen LogP contribution in [0.1, 0.15) is 5.56 Å². The number of rotatable bonds is 7. The highest BCUT2D eigenvalue weighted by molar-refractivity contribution is 7.14. The third-order valence-corrected chi connectivity index (χ3v) is 4.44. The van der Waals surface area contributed by atoms with E-state index in [2.05, 4.69) is 10.3 Å². The summed E-state index contributed by atoms with van der Waals surface area (Å²) in [5.74, 6) is -1.21. The lowest BCUT2D eigenvalue weighted by atomic mass is 10.2. The summed E-state index contributed by atoms with van der Waals surface area (Å²) in [6, 6.07) is 15.2. The Morgan fingerprint density at radius 2 is 1.86 bits per heavy atom. The van der Waals surface area contributed by atoms with Gasteiger partial charge >= 0.3 is 5.97 Å². The number of non-ortho nitro benzene ring substituents is 1. The summed E-state index contributed by atoms with van der Waals surface area (Å²) < 4.78 is 4.88. The summed E-state index contributed by atoms with van der Waals surface area (Å²) in [6.45, 7) is -0.455. The Labute approximate surface area is 169 Å². The van der Waals surface area contributed by atoms with Gasteiger partial charge in [-0.1, -0.05) is 30.3 Å². The van der Waals surface area contributed by atoms with Crippen molar-refractivity contribution in [2.45, 2.75) is 0 Å². The summed E-state index contributed by atoms with van der Waals surface area (Å²) in [4.78, 5) is 38.1. The van der Waals surface area contributed by atoms with Gasteiger partial charge in [-0.15, -0.1) is 11.3 Å². The van der Waals surface area contributed by atoms with Crippen molar-refractivity contribution in [3.05, 3.63) is 81.7 Å². The van der Waals surface area contributed by atoms with Crippen molar-refractivity contribution in [2.75, 3.05) is 11.9 Å². The third-order valence-electron chi connectivity index (χ3n) is 3.68. The molecule has 0 aliphatic rings. The number of hydrogen-bond acceptors (Lipinski definition) is 7. The molecule has 29 heavy (non-hydrogen) atoms. The fraction of sp³-hybridized carbons (Fsp3) is 0.0500. The SMILES string of the molecule is O=C(COC(=O)/C=C\c1ccc([N+](=O)[O-])cc1)Nc1nc(-c2ccccc2)cs1. The van der Waals surface area contributed by atoms with E-state index in [4.69, 9.17) is 4.74 Å².